The zero-order chi connectivity index (χ0) is 10.7. The van der Waals surface area contributed by atoms with Crippen LogP contribution in [-0.4, -0.2) is 12.2 Å². The Morgan fingerprint density at radius 3 is 2.13 bits per heavy atom. The monoisotopic (exact) mass is 206 g/mol. The van der Waals surface area contributed by atoms with Crippen molar-refractivity contribution in [3.8, 4) is 0 Å². The first-order valence-corrected chi connectivity index (χ1v) is 6.24. The fourth-order valence-corrected chi connectivity index (χ4v) is 2.96. The predicted molar refractivity (Wildman–Crippen MR) is 63.7 cm³/mol. The molecule has 0 spiro atoms. The summed E-state index contributed by atoms with van der Waals surface area (Å²) in [7, 11) is 0. The lowest BCUT2D eigenvalue weighted by Crippen LogP contribution is -2.25. The highest BCUT2D eigenvalue weighted by atomic mass is 16.5. The van der Waals surface area contributed by atoms with E-state index >= 15 is 0 Å². The van der Waals surface area contributed by atoms with E-state index in [0.717, 1.165) is 11.8 Å². The average molecular weight is 206 g/mol. The van der Waals surface area contributed by atoms with Gasteiger partial charge in [0.05, 0.1) is 12.2 Å². The molecule has 0 amide bonds. The van der Waals surface area contributed by atoms with Crippen molar-refractivity contribution >= 4 is 0 Å². The van der Waals surface area contributed by atoms with E-state index in [-0.39, 0.29) is 0 Å². The van der Waals surface area contributed by atoms with Gasteiger partial charge in [0.2, 0.25) is 0 Å². The molecule has 1 heteroatoms. The predicted octanol–water partition coefficient (Wildman–Crippen LogP) is 3.71. The van der Waals surface area contributed by atoms with Crippen LogP contribution in [0, 0.1) is 11.8 Å². The van der Waals surface area contributed by atoms with Gasteiger partial charge < -0.3 is 4.74 Å². The Labute approximate surface area is 93.2 Å². The van der Waals surface area contributed by atoms with Gasteiger partial charge in [-0.05, 0) is 50.4 Å². The summed E-state index contributed by atoms with van der Waals surface area (Å²) in [5.74, 6) is 1.56. The van der Waals surface area contributed by atoms with Gasteiger partial charge >= 0.3 is 0 Å². The standard InChI is InChI=1S/C14H22O/c1-3-11-5-7-12(8-6-11)14-10-9-13(4-2)15-14/h3-4,11-14H,1-2,5-10H2. The molecule has 1 aliphatic heterocycles. The minimum Gasteiger partial charge on any atom is -0.371 e. The van der Waals surface area contributed by atoms with Crippen LogP contribution in [-0.2, 0) is 4.74 Å². The van der Waals surface area contributed by atoms with Gasteiger partial charge in [0.15, 0.2) is 0 Å². The number of allylic oxidation sites excluding steroid dienone is 1. The summed E-state index contributed by atoms with van der Waals surface area (Å²) in [5, 5.41) is 0. The van der Waals surface area contributed by atoms with Gasteiger partial charge in [-0.15, -0.1) is 13.2 Å². The molecule has 0 aromatic carbocycles. The van der Waals surface area contributed by atoms with Gasteiger partial charge in [0, 0.05) is 0 Å². The van der Waals surface area contributed by atoms with E-state index in [1.54, 1.807) is 0 Å². The summed E-state index contributed by atoms with van der Waals surface area (Å²) in [5.41, 5.74) is 0. The average Bonchev–Trinajstić information content (AvgIpc) is 2.78. The van der Waals surface area contributed by atoms with E-state index in [1.165, 1.54) is 38.5 Å². The summed E-state index contributed by atoms with van der Waals surface area (Å²) in [6.07, 6.45) is 12.6. The number of ether oxygens (including phenoxy) is 1. The Morgan fingerprint density at radius 1 is 0.867 bits per heavy atom. The first-order chi connectivity index (χ1) is 7.33. The minimum absolute atomic E-state index is 0.326. The van der Waals surface area contributed by atoms with Gasteiger partial charge in [-0.2, -0.15) is 0 Å². The maximum absolute atomic E-state index is 5.98. The summed E-state index contributed by atoms with van der Waals surface area (Å²) in [6, 6.07) is 0. The van der Waals surface area contributed by atoms with Crippen molar-refractivity contribution in [2.45, 2.75) is 50.7 Å². The van der Waals surface area contributed by atoms with E-state index < -0.39 is 0 Å². The lowest BCUT2D eigenvalue weighted by atomic mass is 9.79. The van der Waals surface area contributed by atoms with Gasteiger partial charge in [0.1, 0.15) is 0 Å². The summed E-state index contributed by atoms with van der Waals surface area (Å²) >= 11 is 0. The fourth-order valence-electron chi connectivity index (χ4n) is 2.96. The molecule has 2 unspecified atom stereocenters. The molecule has 0 N–H and O–H groups in total. The lowest BCUT2D eigenvalue weighted by Gasteiger charge is -2.30. The number of hydrogen-bond acceptors (Lipinski definition) is 1. The van der Waals surface area contributed by atoms with E-state index in [9.17, 15) is 0 Å². The molecule has 2 fully saturated rings. The second-order valence-corrected chi connectivity index (χ2v) is 4.94. The Hall–Kier alpha value is -0.560. The van der Waals surface area contributed by atoms with Gasteiger partial charge in [-0.3, -0.25) is 0 Å². The van der Waals surface area contributed by atoms with Crippen LogP contribution < -0.4 is 0 Å². The molecule has 0 aromatic rings. The van der Waals surface area contributed by atoms with Crippen LogP contribution in [0.1, 0.15) is 38.5 Å². The molecule has 2 aliphatic rings. The molecule has 1 nitrogen and oxygen atoms in total. The van der Waals surface area contributed by atoms with Crippen molar-refractivity contribution in [1.82, 2.24) is 0 Å². The van der Waals surface area contributed by atoms with Crippen LogP contribution in [0.5, 0.6) is 0 Å². The Balaban J connectivity index is 1.81. The maximum Gasteiger partial charge on any atom is 0.0758 e. The third-order valence-corrected chi connectivity index (χ3v) is 4.02. The highest BCUT2D eigenvalue weighted by molar-refractivity contribution is 4.92. The zero-order valence-electron chi connectivity index (χ0n) is 9.53. The molecule has 0 bridgehead atoms. The third kappa shape index (κ3) is 2.52. The summed E-state index contributed by atoms with van der Waals surface area (Å²) < 4.78 is 5.98. The second-order valence-electron chi connectivity index (χ2n) is 4.94. The molecule has 1 saturated carbocycles. The van der Waals surface area contributed by atoms with Crippen LogP contribution in [0.25, 0.3) is 0 Å². The molecule has 1 saturated heterocycles. The summed E-state index contributed by atoms with van der Waals surface area (Å²) in [6.45, 7) is 7.70. The van der Waals surface area contributed by atoms with E-state index in [1.807, 2.05) is 6.08 Å². The van der Waals surface area contributed by atoms with Gasteiger partial charge in [-0.25, -0.2) is 0 Å². The highest BCUT2D eigenvalue weighted by Crippen LogP contribution is 2.37. The van der Waals surface area contributed by atoms with Crippen LogP contribution >= 0.6 is 0 Å². The second kappa shape index (κ2) is 4.98. The SMILES string of the molecule is C=CC1CCC(C2CCC(C=C)O2)CC1. The molecule has 2 atom stereocenters. The van der Waals surface area contributed by atoms with E-state index in [4.69, 9.17) is 4.74 Å². The topological polar surface area (TPSA) is 9.23 Å². The quantitative estimate of drug-likeness (QED) is 0.640. The molecule has 1 heterocycles. The molecule has 84 valence electrons. The Morgan fingerprint density at radius 2 is 1.60 bits per heavy atom. The Kier molecular flexibility index (Phi) is 3.63. The molecule has 1 aliphatic carbocycles. The van der Waals surface area contributed by atoms with Crippen molar-refractivity contribution in [1.29, 1.82) is 0 Å². The Bertz CT molecular complexity index is 225. The lowest BCUT2D eigenvalue weighted by molar-refractivity contribution is 0.0165. The van der Waals surface area contributed by atoms with Crippen LogP contribution in [0.15, 0.2) is 25.3 Å². The highest BCUT2D eigenvalue weighted by Gasteiger charge is 2.32. The van der Waals surface area contributed by atoms with Crippen molar-refractivity contribution in [2.75, 3.05) is 0 Å². The first-order valence-electron chi connectivity index (χ1n) is 6.24. The largest absolute Gasteiger partial charge is 0.371 e. The van der Waals surface area contributed by atoms with Crippen LogP contribution in [0.4, 0.5) is 0 Å². The molecule has 15 heavy (non-hydrogen) atoms. The fraction of sp³-hybridized carbons (Fsp3) is 0.714. The van der Waals surface area contributed by atoms with E-state index in [2.05, 4.69) is 19.2 Å². The zero-order valence-corrected chi connectivity index (χ0v) is 9.53. The molecule has 2 rings (SSSR count). The normalized spacial score (nSPS) is 41.3. The number of hydrogen-bond donors (Lipinski definition) is 0. The van der Waals surface area contributed by atoms with Crippen molar-refractivity contribution in [2.24, 2.45) is 11.8 Å². The number of rotatable bonds is 3. The third-order valence-electron chi connectivity index (χ3n) is 4.02. The van der Waals surface area contributed by atoms with Crippen molar-refractivity contribution < 1.29 is 4.74 Å². The molecular weight excluding hydrogens is 184 g/mol. The van der Waals surface area contributed by atoms with Crippen LogP contribution in [0.2, 0.25) is 0 Å². The van der Waals surface area contributed by atoms with Crippen molar-refractivity contribution in [3.63, 3.8) is 0 Å². The minimum atomic E-state index is 0.326. The van der Waals surface area contributed by atoms with Crippen molar-refractivity contribution in [3.05, 3.63) is 25.3 Å². The smallest absolute Gasteiger partial charge is 0.0758 e. The van der Waals surface area contributed by atoms with Gasteiger partial charge in [-0.1, -0.05) is 12.2 Å². The van der Waals surface area contributed by atoms with E-state index in [0.29, 0.717) is 12.2 Å². The molecule has 0 radical (unpaired) electrons. The first kappa shape index (κ1) is 10.9. The molecule has 0 aromatic heterocycles. The summed E-state index contributed by atoms with van der Waals surface area (Å²) in [4.78, 5) is 0. The maximum atomic E-state index is 5.98. The van der Waals surface area contributed by atoms with Crippen LogP contribution in [0.3, 0.4) is 0 Å². The van der Waals surface area contributed by atoms with Gasteiger partial charge in [0.25, 0.3) is 0 Å². The molecular formula is C14H22O.